The predicted octanol–water partition coefficient (Wildman–Crippen LogP) is 3.68. The Kier molecular flexibility index (Phi) is 3.69. The standard InChI is InChI=1S/C20H16FN3O/c1-14-7-12-18-19(22-14)23(13-15-8-10-16(21)11-9-15)24(20(18)25)17-5-3-2-4-6-17/h2-12H,13H2,1H3. The van der Waals surface area contributed by atoms with Crippen molar-refractivity contribution in [2.24, 2.45) is 0 Å². The maximum atomic E-state index is 13.2. The van der Waals surface area contributed by atoms with E-state index >= 15 is 0 Å². The molecule has 0 amide bonds. The highest BCUT2D eigenvalue weighted by molar-refractivity contribution is 5.75. The second-order valence-corrected chi connectivity index (χ2v) is 5.96. The maximum absolute atomic E-state index is 13.2. The van der Waals surface area contributed by atoms with Gasteiger partial charge >= 0.3 is 0 Å². The third-order valence-corrected chi connectivity index (χ3v) is 4.17. The first-order valence-corrected chi connectivity index (χ1v) is 8.02. The molecule has 2 aromatic heterocycles. The van der Waals surface area contributed by atoms with Gasteiger partial charge in [-0.25, -0.2) is 14.1 Å². The van der Waals surface area contributed by atoms with Crippen LogP contribution in [0.15, 0.2) is 71.5 Å². The summed E-state index contributed by atoms with van der Waals surface area (Å²) in [6.07, 6.45) is 0. The van der Waals surface area contributed by atoms with Gasteiger partial charge in [0.25, 0.3) is 5.56 Å². The number of benzene rings is 2. The van der Waals surface area contributed by atoms with E-state index in [1.54, 1.807) is 22.9 Å². The summed E-state index contributed by atoms with van der Waals surface area (Å²) in [5.74, 6) is -0.282. The Morgan fingerprint density at radius 3 is 2.40 bits per heavy atom. The largest absolute Gasteiger partial charge is 0.280 e. The monoisotopic (exact) mass is 333 g/mol. The molecule has 25 heavy (non-hydrogen) atoms. The lowest BCUT2D eigenvalue weighted by Gasteiger charge is -2.12. The van der Waals surface area contributed by atoms with Gasteiger partial charge in [-0.3, -0.25) is 9.48 Å². The second-order valence-electron chi connectivity index (χ2n) is 5.96. The van der Waals surface area contributed by atoms with Gasteiger partial charge in [-0.1, -0.05) is 30.3 Å². The number of aromatic nitrogens is 3. The average molecular weight is 333 g/mol. The number of fused-ring (bicyclic) bond motifs is 1. The first kappa shape index (κ1) is 15.3. The highest BCUT2D eigenvalue weighted by atomic mass is 19.1. The predicted molar refractivity (Wildman–Crippen MR) is 95.6 cm³/mol. The minimum atomic E-state index is -0.282. The zero-order valence-corrected chi connectivity index (χ0v) is 13.7. The van der Waals surface area contributed by atoms with Crippen LogP contribution in [0, 0.1) is 12.7 Å². The van der Waals surface area contributed by atoms with Crippen molar-refractivity contribution in [2.75, 3.05) is 0 Å². The molecular weight excluding hydrogens is 317 g/mol. The number of halogens is 1. The lowest BCUT2D eigenvalue weighted by atomic mass is 10.2. The van der Waals surface area contributed by atoms with E-state index in [0.29, 0.717) is 17.6 Å². The molecule has 0 fully saturated rings. The Hall–Kier alpha value is -3.21. The van der Waals surface area contributed by atoms with Crippen LogP contribution in [-0.4, -0.2) is 14.3 Å². The quantitative estimate of drug-likeness (QED) is 0.574. The number of hydrogen-bond donors (Lipinski definition) is 0. The number of aryl methyl sites for hydroxylation is 1. The summed E-state index contributed by atoms with van der Waals surface area (Å²) in [6.45, 7) is 2.32. The molecule has 0 spiro atoms. The molecule has 0 atom stereocenters. The Balaban J connectivity index is 1.98. The van der Waals surface area contributed by atoms with E-state index in [2.05, 4.69) is 4.98 Å². The van der Waals surface area contributed by atoms with Crippen LogP contribution < -0.4 is 5.56 Å². The van der Waals surface area contributed by atoms with Crippen molar-refractivity contribution in [1.29, 1.82) is 0 Å². The van der Waals surface area contributed by atoms with Gasteiger partial charge in [0.05, 0.1) is 17.6 Å². The molecule has 0 aliphatic carbocycles. The minimum Gasteiger partial charge on any atom is -0.267 e. The molecule has 4 nitrogen and oxygen atoms in total. The summed E-state index contributed by atoms with van der Waals surface area (Å²) in [6, 6.07) is 19.4. The summed E-state index contributed by atoms with van der Waals surface area (Å²) in [7, 11) is 0. The van der Waals surface area contributed by atoms with Crippen molar-refractivity contribution in [3.05, 3.63) is 94.2 Å². The Morgan fingerprint density at radius 2 is 1.68 bits per heavy atom. The molecule has 124 valence electrons. The van der Waals surface area contributed by atoms with Gasteiger partial charge < -0.3 is 0 Å². The van der Waals surface area contributed by atoms with Crippen LogP contribution in [0.4, 0.5) is 4.39 Å². The first-order valence-electron chi connectivity index (χ1n) is 8.02. The molecule has 2 aromatic carbocycles. The molecule has 0 bridgehead atoms. The summed E-state index contributed by atoms with van der Waals surface area (Å²) < 4.78 is 16.7. The van der Waals surface area contributed by atoms with Crippen molar-refractivity contribution >= 4 is 11.0 Å². The lowest BCUT2D eigenvalue weighted by molar-refractivity contribution is 0.601. The Morgan fingerprint density at radius 1 is 0.960 bits per heavy atom. The minimum absolute atomic E-state index is 0.115. The van der Waals surface area contributed by atoms with Gasteiger partial charge in [-0.15, -0.1) is 0 Å². The van der Waals surface area contributed by atoms with E-state index in [0.717, 1.165) is 16.9 Å². The molecular formula is C20H16FN3O. The molecule has 0 radical (unpaired) electrons. The third kappa shape index (κ3) is 2.74. The Bertz CT molecular complexity index is 1100. The van der Waals surface area contributed by atoms with Gasteiger partial charge in [-0.05, 0) is 48.9 Å². The summed E-state index contributed by atoms with van der Waals surface area (Å²) >= 11 is 0. The van der Waals surface area contributed by atoms with Crippen LogP contribution in [0.2, 0.25) is 0 Å². The molecule has 0 N–H and O–H groups in total. The van der Waals surface area contributed by atoms with Crippen molar-refractivity contribution in [3.63, 3.8) is 0 Å². The van der Waals surface area contributed by atoms with E-state index in [-0.39, 0.29) is 11.4 Å². The van der Waals surface area contributed by atoms with Crippen molar-refractivity contribution in [1.82, 2.24) is 14.3 Å². The average Bonchev–Trinajstić information content (AvgIpc) is 2.89. The fourth-order valence-electron chi connectivity index (χ4n) is 2.96. The third-order valence-electron chi connectivity index (χ3n) is 4.17. The Labute approximate surface area is 143 Å². The molecule has 4 rings (SSSR count). The van der Waals surface area contributed by atoms with Crippen LogP contribution in [0.1, 0.15) is 11.3 Å². The fraction of sp³-hybridized carbons (Fsp3) is 0.100. The highest BCUT2D eigenvalue weighted by Crippen LogP contribution is 2.16. The van der Waals surface area contributed by atoms with Crippen molar-refractivity contribution in [2.45, 2.75) is 13.5 Å². The molecule has 0 aliphatic rings. The number of rotatable bonds is 3. The normalized spacial score (nSPS) is 11.1. The number of para-hydroxylation sites is 1. The SMILES string of the molecule is Cc1ccc2c(=O)n(-c3ccccc3)n(Cc3ccc(F)cc3)c2n1. The molecule has 0 saturated heterocycles. The molecule has 5 heteroatoms. The van der Waals surface area contributed by atoms with E-state index in [9.17, 15) is 9.18 Å². The second kappa shape index (κ2) is 6.02. The first-order chi connectivity index (χ1) is 12.1. The molecule has 4 aromatic rings. The number of hydrogen-bond acceptors (Lipinski definition) is 2. The van der Waals surface area contributed by atoms with Crippen molar-refractivity contribution < 1.29 is 4.39 Å². The van der Waals surface area contributed by atoms with Crippen LogP contribution in [-0.2, 0) is 6.54 Å². The molecule has 0 aliphatic heterocycles. The van der Waals surface area contributed by atoms with Crippen LogP contribution in [0.25, 0.3) is 16.7 Å². The number of pyridine rings is 1. The van der Waals surface area contributed by atoms with E-state index in [1.165, 1.54) is 12.1 Å². The zero-order chi connectivity index (χ0) is 17.4. The van der Waals surface area contributed by atoms with Gasteiger partial charge in [0.15, 0.2) is 5.65 Å². The van der Waals surface area contributed by atoms with Crippen LogP contribution in [0.5, 0.6) is 0 Å². The zero-order valence-electron chi connectivity index (χ0n) is 13.7. The number of nitrogens with zero attached hydrogens (tertiary/aromatic N) is 3. The van der Waals surface area contributed by atoms with Gasteiger partial charge in [-0.2, -0.15) is 0 Å². The molecule has 0 unspecified atom stereocenters. The van der Waals surface area contributed by atoms with Crippen molar-refractivity contribution in [3.8, 4) is 5.69 Å². The summed E-state index contributed by atoms with van der Waals surface area (Å²) in [5, 5.41) is 0.566. The van der Waals surface area contributed by atoms with E-state index < -0.39 is 0 Å². The van der Waals surface area contributed by atoms with Crippen LogP contribution in [0.3, 0.4) is 0 Å². The lowest BCUT2D eigenvalue weighted by Crippen LogP contribution is -2.21. The molecule has 0 saturated carbocycles. The van der Waals surface area contributed by atoms with Crippen LogP contribution >= 0.6 is 0 Å². The fourth-order valence-corrected chi connectivity index (χ4v) is 2.96. The topological polar surface area (TPSA) is 39.8 Å². The molecule has 2 heterocycles. The van der Waals surface area contributed by atoms with Gasteiger partial charge in [0.2, 0.25) is 0 Å². The van der Waals surface area contributed by atoms with Gasteiger partial charge in [0, 0.05) is 5.69 Å². The maximum Gasteiger partial charge on any atom is 0.280 e. The highest BCUT2D eigenvalue weighted by Gasteiger charge is 2.16. The summed E-state index contributed by atoms with van der Waals surface area (Å²) in [5.41, 5.74) is 3.01. The van der Waals surface area contributed by atoms with Gasteiger partial charge in [0.1, 0.15) is 5.82 Å². The smallest absolute Gasteiger partial charge is 0.267 e. The van der Waals surface area contributed by atoms with E-state index in [4.69, 9.17) is 0 Å². The van der Waals surface area contributed by atoms with E-state index in [1.807, 2.05) is 48.0 Å². The summed E-state index contributed by atoms with van der Waals surface area (Å²) in [4.78, 5) is 17.5.